The summed E-state index contributed by atoms with van der Waals surface area (Å²) in [5.74, 6) is -2.10. The third-order valence-corrected chi connectivity index (χ3v) is 5.72. The van der Waals surface area contributed by atoms with Gasteiger partial charge in [0.2, 0.25) is 15.9 Å². The topological polar surface area (TPSA) is 119 Å². The Morgan fingerprint density at radius 2 is 1.47 bits per heavy atom. The fourth-order valence-corrected chi connectivity index (χ4v) is 3.73. The number of hydrogen-bond donors (Lipinski definition) is 1. The van der Waals surface area contributed by atoms with E-state index in [9.17, 15) is 22.8 Å². The van der Waals surface area contributed by atoms with Gasteiger partial charge in [-0.2, -0.15) is 0 Å². The molecule has 0 aromatic heterocycles. The lowest BCUT2D eigenvalue weighted by Gasteiger charge is -2.22. The Hall–Kier alpha value is -2.67. The van der Waals surface area contributed by atoms with Crippen molar-refractivity contribution >= 4 is 61.8 Å². The van der Waals surface area contributed by atoms with Gasteiger partial charge < -0.3 is 14.8 Å². The summed E-state index contributed by atoms with van der Waals surface area (Å²) < 4.78 is 35.5. The van der Waals surface area contributed by atoms with E-state index in [2.05, 4.69) is 37.4 Å². The second-order valence-electron chi connectivity index (χ2n) is 6.08. The number of rotatable bonds is 7. The monoisotopic (exact) mass is 546 g/mol. The van der Waals surface area contributed by atoms with Crippen molar-refractivity contribution in [3.8, 4) is 0 Å². The minimum Gasteiger partial charge on any atom is -0.465 e. The Balaban J connectivity index is 2.31. The molecule has 2 rings (SSSR count). The van der Waals surface area contributed by atoms with Gasteiger partial charge in [-0.1, -0.05) is 0 Å². The SMILES string of the molecule is COC(=O)c1cc(NC(=O)CN(c2ccc(I)cc2)S(C)(=O)=O)cc(C(=O)OC)c1. The molecule has 0 bridgehead atoms. The van der Waals surface area contributed by atoms with Crippen molar-refractivity contribution in [1.82, 2.24) is 0 Å². The first kappa shape index (κ1) is 23.6. The van der Waals surface area contributed by atoms with Crippen molar-refractivity contribution in [2.75, 3.05) is 36.6 Å². The van der Waals surface area contributed by atoms with Gasteiger partial charge in [-0.05, 0) is 65.1 Å². The molecule has 0 unspecified atom stereocenters. The highest BCUT2D eigenvalue weighted by molar-refractivity contribution is 14.1. The summed E-state index contributed by atoms with van der Waals surface area (Å²) in [6.45, 7) is -0.505. The number of carbonyl (C=O) groups excluding carboxylic acids is 3. The van der Waals surface area contributed by atoms with E-state index in [-0.39, 0.29) is 16.8 Å². The van der Waals surface area contributed by atoms with E-state index in [1.165, 1.54) is 32.4 Å². The lowest BCUT2D eigenvalue weighted by atomic mass is 10.1. The number of sulfonamides is 1. The van der Waals surface area contributed by atoms with Gasteiger partial charge in [-0.3, -0.25) is 9.10 Å². The second-order valence-corrected chi connectivity index (χ2v) is 9.23. The van der Waals surface area contributed by atoms with Gasteiger partial charge in [0, 0.05) is 9.26 Å². The number of anilines is 2. The molecule has 0 aliphatic heterocycles. The first-order valence-electron chi connectivity index (χ1n) is 8.40. The summed E-state index contributed by atoms with van der Waals surface area (Å²) in [6.07, 6.45) is 0.992. The van der Waals surface area contributed by atoms with Crippen LogP contribution in [0.15, 0.2) is 42.5 Å². The molecule has 0 spiro atoms. The minimum atomic E-state index is -3.75. The zero-order valence-electron chi connectivity index (χ0n) is 16.3. The molecule has 0 saturated heterocycles. The van der Waals surface area contributed by atoms with Crippen LogP contribution in [0, 0.1) is 3.57 Å². The number of esters is 2. The molecular formula is C19H19IN2O7S. The second kappa shape index (κ2) is 9.89. The number of nitrogens with one attached hydrogen (secondary N) is 1. The first-order chi connectivity index (χ1) is 14.0. The smallest absolute Gasteiger partial charge is 0.337 e. The molecule has 160 valence electrons. The molecule has 0 saturated carbocycles. The maximum Gasteiger partial charge on any atom is 0.337 e. The fraction of sp³-hybridized carbons (Fsp3) is 0.211. The van der Waals surface area contributed by atoms with Crippen molar-refractivity contribution in [2.24, 2.45) is 0 Å². The Labute approximate surface area is 187 Å². The Morgan fingerprint density at radius 3 is 1.90 bits per heavy atom. The van der Waals surface area contributed by atoms with Crippen molar-refractivity contribution in [2.45, 2.75) is 0 Å². The highest BCUT2D eigenvalue weighted by atomic mass is 127. The number of benzene rings is 2. The van der Waals surface area contributed by atoms with Crippen molar-refractivity contribution in [3.05, 3.63) is 57.2 Å². The van der Waals surface area contributed by atoms with Gasteiger partial charge in [0.1, 0.15) is 6.54 Å². The predicted molar refractivity (Wildman–Crippen MR) is 119 cm³/mol. The quantitative estimate of drug-likeness (QED) is 0.418. The van der Waals surface area contributed by atoms with E-state index in [1.54, 1.807) is 24.3 Å². The van der Waals surface area contributed by atoms with Crippen molar-refractivity contribution in [1.29, 1.82) is 0 Å². The van der Waals surface area contributed by atoms with Crippen LogP contribution in [0.3, 0.4) is 0 Å². The summed E-state index contributed by atoms with van der Waals surface area (Å²) >= 11 is 2.08. The molecule has 0 aliphatic rings. The Morgan fingerprint density at radius 1 is 0.967 bits per heavy atom. The number of amides is 1. The fourth-order valence-electron chi connectivity index (χ4n) is 2.51. The molecule has 11 heteroatoms. The number of ether oxygens (including phenoxy) is 2. The van der Waals surface area contributed by atoms with Gasteiger partial charge in [-0.25, -0.2) is 18.0 Å². The zero-order chi connectivity index (χ0) is 22.5. The van der Waals surface area contributed by atoms with Gasteiger partial charge in [-0.15, -0.1) is 0 Å². The van der Waals surface area contributed by atoms with Crippen LogP contribution < -0.4 is 9.62 Å². The molecular weight excluding hydrogens is 527 g/mol. The molecule has 9 nitrogen and oxygen atoms in total. The standard InChI is InChI=1S/C19H19IN2O7S/c1-28-18(24)12-8-13(19(25)29-2)10-15(9-12)21-17(23)11-22(30(3,26)27)16-6-4-14(20)5-7-16/h4-10H,11H2,1-3H3,(H,21,23). The average molecular weight is 546 g/mol. The molecule has 0 heterocycles. The highest BCUT2D eigenvalue weighted by Crippen LogP contribution is 2.20. The zero-order valence-corrected chi connectivity index (χ0v) is 19.3. The third kappa shape index (κ3) is 6.16. The summed E-state index contributed by atoms with van der Waals surface area (Å²) in [4.78, 5) is 36.3. The molecule has 1 amide bonds. The van der Waals surface area contributed by atoms with Crippen molar-refractivity contribution < 1.29 is 32.3 Å². The average Bonchev–Trinajstić information content (AvgIpc) is 2.70. The summed E-state index contributed by atoms with van der Waals surface area (Å²) in [6, 6.07) is 10.5. The van der Waals surface area contributed by atoms with E-state index in [1.807, 2.05) is 0 Å². The largest absolute Gasteiger partial charge is 0.465 e. The molecule has 0 atom stereocenters. The van der Waals surface area contributed by atoms with E-state index in [0.717, 1.165) is 14.1 Å². The van der Waals surface area contributed by atoms with Crippen LogP contribution in [0.1, 0.15) is 20.7 Å². The van der Waals surface area contributed by atoms with Gasteiger partial charge in [0.25, 0.3) is 0 Å². The number of halogens is 1. The normalized spacial score (nSPS) is 10.8. The molecule has 0 radical (unpaired) electrons. The highest BCUT2D eigenvalue weighted by Gasteiger charge is 2.22. The summed E-state index contributed by atoms with van der Waals surface area (Å²) in [5, 5.41) is 2.50. The minimum absolute atomic E-state index is 0.0216. The van der Waals surface area contributed by atoms with Crippen LogP contribution in [0.2, 0.25) is 0 Å². The molecule has 1 N–H and O–H groups in total. The van der Waals surface area contributed by atoms with E-state index >= 15 is 0 Å². The van der Waals surface area contributed by atoms with E-state index in [0.29, 0.717) is 5.69 Å². The van der Waals surface area contributed by atoms with Crippen LogP contribution in [0.4, 0.5) is 11.4 Å². The summed E-state index contributed by atoms with van der Waals surface area (Å²) in [5.41, 5.74) is 0.479. The van der Waals surface area contributed by atoms with Crippen molar-refractivity contribution in [3.63, 3.8) is 0 Å². The van der Waals surface area contributed by atoms with Gasteiger partial charge >= 0.3 is 11.9 Å². The first-order valence-corrected chi connectivity index (χ1v) is 11.3. The van der Waals surface area contributed by atoms with E-state index < -0.39 is 34.4 Å². The predicted octanol–water partition coefficient (Wildman–Crippen LogP) is 2.27. The molecule has 30 heavy (non-hydrogen) atoms. The van der Waals surface area contributed by atoms with E-state index in [4.69, 9.17) is 0 Å². The lowest BCUT2D eigenvalue weighted by Crippen LogP contribution is -2.37. The number of hydrogen-bond acceptors (Lipinski definition) is 7. The van der Waals surface area contributed by atoms with Crippen LogP contribution >= 0.6 is 22.6 Å². The molecule has 0 fully saturated rings. The van der Waals surface area contributed by atoms with Gasteiger partial charge in [0.15, 0.2) is 0 Å². The summed E-state index contributed by atoms with van der Waals surface area (Å²) in [7, 11) is -1.39. The lowest BCUT2D eigenvalue weighted by molar-refractivity contribution is -0.114. The van der Waals surface area contributed by atoms with Crippen LogP contribution in [-0.4, -0.2) is 53.3 Å². The molecule has 2 aromatic rings. The number of methoxy groups -OCH3 is 2. The molecule has 2 aromatic carbocycles. The van der Waals surface area contributed by atoms with Crippen LogP contribution in [0.5, 0.6) is 0 Å². The Kier molecular flexibility index (Phi) is 7.78. The maximum absolute atomic E-state index is 12.6. The molecule has 0 aliphatic carbocycles. The number of carbonyl (C=O) groups is 3. The third-order valence-electron chi connectivity index (χ3n) is 3.86. The van der Waals surface area contributed by atoms with Crippen LogP contribution in [0.25, 0.3) is 0 Å². The Bertz CT molecular complexity index is 1030. The van der Waals surface area contributed by atoms with Crippen LogP contribution in [-0.2, 0) is 24.3 Å². The van der Waals surface area contributed by atoms with Gasteiger partial charge in [0.05, 0.1) is 37.3 Å². The maximum atomic E-state index is 12.6. The number of nitrogens with zero attached hydrogens (tertiary/aromatic N) is 1.